The largest absolute Gasteiger partial charge is 0.278 e. The third-order valence-electron chi connectivity index (χ3n) is 2.76. The lowest BCUT2D eigenvalue weighted by Gasteiger charge is -2.09. The van der Waals surface area contributed by atoms with Gasteiger partial charge in [-0.15, -0.1) is 0 Å². The first-order valence-electron chi connectivity index (χ1n) is 5.40. The predicted molar refractivity (Wildman–Crippen MR) is 72.1 cm³/mol. The average Bonchev–Trinajstić information content (AvgIpc) is 2.34. The Bertz CT molecular complexity index is 710. The summed E-state index contributed by atoms with van der Waals surface area (Å²) < 4.78 is 14.8. The van der Waals surface area contributed by atoms with Crippen LogP contribution in [0.25, 0.3) is 0 Å². The van der Waals surface area contributed by atoms with Gasteiger partial charge >= 0.3 is 0 Å². The fraction of sp³-hybridized carbons (Fsp3) is 0.182. The van der Waals surface area contributed by atoms with E-state index in [1.165, 1.54) is 16.7 Å². The summed E-state index contributed by atoms with van der Waals surface area (Å²) in [5, 5.41) is 6.38. The van der Waals surface area contributed by atoms with Gasteiger partial charge in [-0.25, -0.2) is 4.39 Å². The minimum atomic E-state index is -0.329. The molecule has 0 spiro atoms. The summed E-state index contributed by atoms with van der Waals surface area (Å²) in [6.07, 6.45) is 0. The fourth-order valence-electron chi connectivity index (χ4n) is 1.65. The molecule has 0 aliphatic heterocycles. The summed E-state index contributed by atoms with van der Waals surface area (Å²) in [4.78, 5) is 11.9. The molecule has 2 rings (SSSR count). The zero-order valence-corrected chi connectivity index (χ0v) is 10.8. The van der Waals surface area contributed by atoms with E-state index in [9.17, 15) is 9.18 Å². The number of benzene rings is 1. The maximum Gasteiger partial charge on any atom is 0.276 e. The molecule has 7 heteroatoms. The number of aromatic nitrogens is 3. The molecule has 1 aromatic heterocycles. The molecule has 1 N–H and O–H groups in total. The molecule has 1 heterocycles. The van der Waals surface area contributed by atoms with Crippen molar-refractivity contribution in [3.05, 3.63) is 50.4 Å². The van der Waals surface area contributed by atoms with Crippen LogP contribution in [0.15, 0.2) is 23.0 Å². The maximum absolute atomic E-state index is 13.2. The Labute approximate surface area is 109 Å². The molecule has 2 aromatic rings. The zero-order chi connectivity index (χ0) is 13.3. The lowest BCUT2D eigenvalue weighted by molar-refractivity contribution is 0.620. The second-order valence-corrected chi connectivity index (χ2v) is 4.46. The van der Waals surface area contributed by atoms with Crippen molar-refractivity contribution in [1.82, 2.24) is 14.8 Å². The maximum atomic E-state index is 13.2. The van der Waals surface area contributed by atoms with Gasteiger partial charge in [-0.3, -0.25) is 14.5 Å². The van der Waals surface area contributed by atoms with Crippen molar-refractivity contribution < 1.29 is 4.39 Å². The van der Waals surface area contributed by atoms with Crippen LogP contribution in [0.5, 0.6) is 0 Å². The molecule has 92 valence electrons. The normalized spacial score (nSPS) is 10.6. The van der Waals surface area contributed by atoms with Crippen molar-refractivity contribution in [2.45, 2.75) is 13.5 Å². The van der Waals surface area contributed by atoms with Gasteiger partial charge in [0.2, 0.25) is 0 Å². The standard InChI is InChI=1S/C11H11BFN3OS/c1-6-10(17)16(11(18)15-14-6)5-7-4-8(13)2-3-9(7)12/h2-4H,5,12H2,1H3,(H,15,18). The van der Waals surface area contributed by atoms with Crippen LogP contribution in [-0.2, 0) is 6.54 Å². The molecule has 18 heavy (non-hydrogen) atoms. The van der Waals surface area contributed by atoms with Crippen LogP contribution < -0.4 is 11.0 Å². The molecule has 1 aromatic carbocycles. The lowest BCUT2D eigenvalue weighted by atomic mass is 9.90. The van der Waals surface area contributed by atoms with Gasteiger partial charge < -0.3 is 0 Å². The molecule has 4 nitrogen and oxygen atoms in total. The van der Waals surface area contributed by atoms with E-state index >= 15 is 0 Å². The van der Waals surface area contributed by atoms with Crippen molar-refractivity contribution in [2.75, 3.05) is 0 Å². The summed E-state index contributed by atoms with van der Waals surface area (Å²) in [5.41, 5.74) is 1.70. The van der Waals surface area contributed by atoms with Crippen molar-refractivity contribution in [2.24, 2.45) is 0 Å². The van der Waals surface area contributed by atoms with Crippen LogP contribution in [0.2, 0.25) is 0 Å². The number of hydrogen-bond donors (Lipinski definition) is 1. The van der Waals surface area contributed by atoms with Crippen LogP contribution in [0, 0.1) is 17.5 Å². The van der Waals surface area contributed by atoms with E-state index in [1.807, 2.05) is 7.85 Å². The smallest absolute Gasteiger partial charge is 0.276 e. The molecule has 0 amide bonds. The van der Waals surface area contributed by atoms with Crippen LogP contribution >= 0.6 is 12.2 Å². The zero-order valence-electron chi connectivity index (χ0n) is 10.0. The van der Waals surface area contributed by atoms with E-state index in [-0.39, 0.29) is 22.7 Å². The van der Waals surface area contributed by atoms with Crippen LogP contribution in [0.1, 0.15) is 11.3 Å². The third kappa shape index (κ3) is 2.40. The molecule has 0 radical (unpaired) electrons. The van der Waals surface area contributed by atoms with Gasteiger partial charge in [0.15, 0.2) is 4.77 Å². The van der Waals surface area contributed by atoms with Gasteiger partial charge in [0.05, 0.1) is 6.54 Å². The number of hydrogen-bond acceptors (Lipinski definition) is 3. The Kier molecular flexibility index (Phi) is 3.42. The second kappa shape index (κ2) is 4.85. The number of nitrogens with one attached hydrogen (secondary N) is 1. The first kappa shape index (κ1) is 12.7. The Morgan fingerprint density at radius 3 is 3.00 bits per heavy atom. The highest BCUT2D eigenvalue weighted by Gasteiger charge is 2.06. The number of rotatable bonds is 2. The molecule has 0 aliphatic rings. The lowest BCUT2D eigenvalue weighted by Crippen LogP contribution is -2.28. The van der Waals surface area contributed by atoms with E-state index < -0.39 is 0 Å². The van der Waals surface area contributed by atoms with Crippen molar-refractivity contribution in [1.29, 1.82) is 0 Å². The molecular formula is C11H11BFN3OS. The highest BCUT2D eigenvalue weighted by atomic mass is 32.1. The van der Waals surface area contributed by atoms with E-state index in [2.05, 4.69) is 10.2 Å². The number of aromatic amines is 1. The highest BCUT2D eigenvalue weighted by molar-refractivity contribution is 7.71. The number of H-pyrrole nitrogens is 1. The number of nitrogens with zero attached hydrogens (tertiary/aromatic N) is 2. The van der Waals surface area contributed by atoms with Gasteiger partial charge in [-0.1, -0.05) is 11.5 Å². The minimum Gasteiger partial charge on any atom is -0.278 e. The summed E-state index contributed by atoms with van der Waals surface area (Å²) in [6.45, 7) is 1.84. The Morgan fingerprint density at radius 1 is 1.56 bits per heavy atom. The molecule has 0 saturated carbocycles. The SMILES string of the molecule is Bc1ccc(F)cc1Cn1c(=S)[nH]nc(C)c1=O. The Morgan fingerprint density at radius 2 is 2.28 bits per heavy atom. The molecule has 0 fully saturated rings. The summed E-state index contributed by atoms with van der Waals surface area (Å²) >= 11 is 5.03. The van der Waals surface area contributed by atoms with Crippen molar-refractivity contribution >= 4 is 25.5 Å². The van der Waals surface area contributed by atoms with Crippen LogP contribution in [0.4, 0.5) is 4.39 Å². The van der Waals surface area contributed by atoms with Crippen LogP contribution in [-0.4, -0.2) is 22.6 Å². The van der Waals surface area contributed by atoms with Gasteiger partial charge in [-0.2, -0.15) is 5.10 Å². The molecule has 0 atom stereocenters. The number of aryl methyl sites for hydroxylation is 1. The monoisotopic (exact) mass is 263 g/mol. The summed E-state index contributed by atoms with van der Waals surface area (Å²) in [7, 11) is 1.86. The van der Waals surface area contributed by atoms with E-state index in [4.69, 9.17) is 12.2 Å². The van der Waals surface area contributed by atoms with Crippen LogP contribution in [0.3, 0.4) is 0 Å². The first-order valence-corrected chi connectivity index (χ1v) is 5.81. The Balaban J connectivity index is 2.53. The summed E-state index contributed by atoms with van der Waals surface area (Å²) in [5.74, 6) is -0.329. The molecular weight excluding hydrogens is 252 g/mol. The third-order valence-corrected chi connectivity index (χ3v) is 3.07. The topological polar surface area (TPSA) is 50.7 Å². The molecule has 0 saturated heterocycles. The molecule has 0 bridgehead atoms. The molecule has 0 aliphatic carbocycles. The van der Waals surface area contributed by atoms with Gasteiger partial charge in [0, 0.05) is 0 Å². The van der Waals surface area contributed by atoms with Gasteiger partial charge in [0.1, 0.15) is 19.4 Å². The quantitative estimate of drug-likeness (QED) is 0.615. The fourth-order valence-corrected chi connectivity index (χ4v) is 1.84. The minimum absolute atomic E-state index is 0.231. The first-order chi connectivity index (χ1) is 8.49. The van der Waals surface area contributed by atoms with Crippen molar-refractivity contribution in [3.63, 3.8) is 0 Å². The summed E-state index contributed by atoms with van der Waals surface area (Å²) in [6, 6.07) is 4.48. The predicted octanol–water partition coefficient (Wildman–Crippen LogP) is 0.0551. The molecule has 0 unspecified atom stereocenters. The second-order valence-electron chi connectivity index (χ2n) is 4.08. The Hall–Kier alpha value is -1.76. The number of halogens is 1. The average molecular weight is 263 g/mol. The van der Waals surface area contributed by atoms with Gasteiger partial charge in [-0.05, 0) is 36.8 Å². The van der Waals surface area contributed by atoms with Crippen molar-refractivity contribution in [3.8, 4) is 0 Å². The van der Waals surface area contributed by atoms with E-state index in [0.29, 0.717) is 5.69 Å². The highest BCUT2D eigenvalue weighted by Crippen LogP contribution is 2.02. The van der Waals surface area contributed by atoms with Gasteiger partial charge in [0.25, 0.3) is 5.56 Å². The van der Waals surface area contributed by atoms with E-state index in [1.54, 1.807) is 13.0 Å². The van der Waals surface area contributed by atoms with E-state index in [0.717, 1.165) is 11.0 Å².